The zero-order valence-electron chi connectivity index (χ0n) is 21.5. The number of carbonyl (C=O) groups excluding carboxylic acids is 1. The van der Waals surface area contributed by atoms with Gasteiger partial charge in [-0.05, 0) is 85.7 Å². The molecular weight excluding hydrogens is 432 g/mol. The molecule has 0 heterocycles. The zero-order valence-corrected chi connectivity index (χ0v) is 21.5. The fourth-order valence-electron chi connectivity index (χ4n) is 4.35. The van der Waals surface area contributed by atoms with Crippen LogP contribution in [0.4, 0.5) is 17.1 Å². The molecule has 0 saturated carbocycles. The fraction of sp³-hybridized carbons (Fsp3) is 0.387. The van der Waals surface area contributed by atoms with Gasteiger partial charge in [0, 0.05) is 30.0 Å². The maximum absolute atomic E-state index is 13.4. The third-order valence-corrected chi connectivity index (χ3v) is 6.39. The van der Waals surface area contributed by atoms with Crippen LogP contribution in [0.1, 0.15) is 69.1 Å². The summed E-state index contributed by atoms with van der Waals surface area (Å²) in [5.41, 5.74) is 5.99. The lowest BCUT2D eigenvalue weighted by atomic mass is 9.98. The number of nitrogens with one attached hydrogen (secondary N) is 1. The summed E-state index contributed by atoms with van der Waals surface area (Å²) in [6, 6.07) is 22.3. The van der Waals surface area contributed by atoms with Crippen LogP contribution >= 0.6 is 0 Å². The second-order valence-corrected chi connectivity index (χ2v) is 9.31. The molecule has 0 fully saturated rings. The molecule has 3 rings (SSSR count). The highest BCUT2D eigenvalue weighted by atomic mass is 16.3. The molecule has 0 spiro atoms. The van der Waals surface area contributed by atoms with E-state index in [1.807, 2.05) is 72.5 Å². The van der Waals surface area contributed by atoms with Crippen molar-refractivity contribution in [1.82, 2.24) is 0 Å². The summed E-state index contributed by atoms with van der Waals surface area (Å²) in [6.07, 6.45) is 7.36. The number of hydrogen-bond donors (Lipinski definition) is 2. The number of benzene rings is 3. The number of unbranched alkanes of at least 4 members (excludes halogenated alkanes) is 3. The maximum Gasteiger partial charge on any atom is 0.227 e. The highest BCUT2D eigenvalue weighted by Crippen LogP contribution is 2.27. The average Bonchev–Trinajstić information content (AvgIpc) is 2.87. The van der Waals surface area contributed by atoms with Crippen LogP contribution in [0, 0.1) is 6.92 Å². The van der Waals surface area contributed by atoms with E-state index in [1.165, 1.54) is 0 Å². The molecule has 0 atom stereocenters. The van der Waals surface area contributed by atoms with Crippen LogP contribution in [-0.4, -0.2) is 17.6 Å². The van der Waals surface area contributed by atoms with E-state index >= 15 is 0 Å². The molecule has 0 saturated heterocycles. The molecule has 4 nitrogen and oxygen atoms in total. The first-order chi connectivity index (χ1) is 17.0. The number of amides is 1. The van der Waals surface area contributed by atoms with Gasteiger partial charge in [-0.25, -0.2) is 0 Å². The third-order valence-electron chi connectivity index (χ3n) is 6.39. The number of phenolic OH excluding ortho intramolecular Hbond substituents is 1. The van der Waals surface area contributed by atoms with Gasteiger partial charge in [0.1, 0.15) is 5.75 Å². The number of para-hydroxylation sites is 1. The van der Waals surface area contributed by atoms with Gasteiger partial charge in [0.15, 0.2) is 0 Å². The summed E-state index contributed by atoms with van der Waals surface area (Å²) < 4.78 is 0. The van der Waals surface area contributed by atoms with Crippen LogP contribution in [0.25, 0.3) is 0 Å². The van der Waals surface area contributed by atoms with Crippen LogP contribution in [0.2, 0.25) is 0 Å². The summed E-state index contributed by atoms with van der Waals surface area (Å²) in [6.45, 7) is 7.01. The van der Waals surface area contributed by atoms with Gasteiger partial charge in [0.2, 0.25) is 5.91 Å². The van der Waals surface area contributed by atoms with E-state index in [9.17, 15) is 9.90 Å². The summed E-state index contributed by atoms with van der Waals surface area (Å²) >= 11 is 0. The summed E-state index contributed by atoms with van der Waals surface area (Å²) in [7, 11) is 0. The molecule has 186 valence electrons. The van der Waals surface area contributed by atoms with Crippen LogP contribution in [0.15, 0.2) is 66.7 Å². The van der Waals surface area contributed by atoms with Crippen molar-refractivity contribution in [2.45, 2.75) is 72.1 Å². The van der Waals surface area contributed by atoms with E-state index in [2.05, 4.69) is 25.2 Å². The highest BCUT2D eigenvalue weighted by molar-refractivity contribution is 5.93. The van der Waals surface area contributed by atoms with Crippen molar-refractivity contribution >= 4 is 23.0 Å². The van der Waals surface area contributed by atoms with Crippen LogP contribution in [-0.2, 0) is 17.6 Å². The number of aryl methyl sites for hydroxylation is 3. The van der Waals surface area contributed by atoms with Crippen LogP contribution in [0.3, 0.4) is 0 Å². The maximum atomic E-state index is 13.4. The van der Waals surface area contributed by atoms with Crippen molar-refractivity contribution < 1.29 is 9.90 Å². The van der Waals surface area contributed by atoms with Crippen molar-refractivity contribution in [3.8, 4) is 5.75 Å². The van der Waals surface area contributed by atoms with E-state index in [4.69, 9.17) is 0 Å². The standard InChI is InChI=1S/C31H40N2O2/c1-4-6-11-21-33(29-18-16-28(17-19-29)32-27-13-9-8-10-14-27)30(34)20-15-25-22-24(3)31(35)26(23-25)12-7-5-2/h8-10,13-14,16-19,22-23,32,35H,4-7,11-12,15,20-21H2,1-3H3. The van der Waals surface area contributed by atoms with Crippen molar-refractivity contribution in [3.05, 3.63) is 83.4 Å². The molecular formula is C31H40N2O2. The van der Waals surface area contributed by atoms with Gasteiger partial charge in [0.25, 0.3) is 0 Å². The molecule has 0 aromatic heterocycles. The number of phenols is 1. The van der Waals surface area contributed by atoms with Gasteiger partial charge in [-0.2, -0.15) is 0 Å². The number of carbonyl (C=O) groups is 1. The van der Waals surface area contributed by atoms with Crippen molar-refractivity contribution in [2.75, 3.05) is 16.8 Å². The van der Waals surface area contributed by atoms with Gasteiger partial charge in [0.05, 0.1) is 0 Å². The number of aromatic hydroxyl groups is 1. The lowest BCUT2D eigenvalue weighted by Gasteiger charge is -2.23. The molecule has 0 radical (unpaired) electrons. The van der Waals surface area contributed by atoms with Crippen molar-refractivity contribution in [2.24, 2.45) is 0 Å². The third kappa shape index (κ3) is 7.88. The molecule has 3 aromatic rings. The topological polar surface area (TPSA) is 52.6 Å². The number of hydrogen-bond acceptors (Lipinski definition) is 3. The monoisotopic (exact) mass is 472 g/mol. The summed E-state index contributed by atoms with van der Waals surface area (Å²) in [4.78, 5) is 15.3. The molecule has 2 N–H and O–H groups in total. The van der Waals surface area contributed by atoms with Gasteiger partial charge < -0.3 is 15.3 Å². The summed E-state index contributed by atoms with van der Waals surface area (Å²) in [5.74, 6) is 0.546. The number of anilines is 3. The molecule has 35 heavy (non-hydrogen) atoms. The Kier molecular flexibility index (Phi) is 10.2. The van der Waals surface area contributed by atoms with Crippen molar-refractivity contribution in [3.63, 3.8) is 0 Å². The first kappa shape index (κ1) is 26.3. The van der Waals surface area contributed by atoms with Gasteiger partial charge in [-0.3, -0.25) is 4.79 Å². The second-order valence-electron chi connectivity index (χ2n) is 9.31. The van der Waals surface area contributed by atoms with Gasteiger partial charge in [-0.15, -0.1) is 0 Å². The molecule has 0 unspecified atom stereocenters. The SMILES string of the molecule is CCCCCN(C(=O)CCc1cc(C)c(O)c(CCCC)c1)c1ccc(Nc2ccccc2)cc1. The second kappa shape index (κ2) is 13.6. The minimum absolute atomic E-state index is 0.144. The van der Waals surface area contributed by atoms with E-state index in [0.717, 1.165) is 78.8 Å². The number of nitrogens with zero attached hydrogens (tertiary/aromatic N) is 1. The normalized spacial score (nSPS) is 10.8. The van der Waals surface area contributed by atoms with Crippen molar-refractivity contribution in [1.29, 1.82) is 0 Å². The summed E-state index contributed by atoms with van der Waals surface area (Å²) in [5, 5.41) is 13.8. The Hall–Kier alpha value is -3.27. The van der Waals surface area contributed by atoms with E-state index < -0.39 is 0 Å². The molecule has 4 heteroatoms. The minimum Gasteiger partial charge on any atom is -0.507 e. The van der Waals surface area contributed by atoms with E-state index in [0.29, 0.717) is 18.6 Å². The van der Waals surface area contributed by atoms with E-state index in [-0.39, 0.29) is 5.91 Å². The largest absolute Gasteiger partial charge is 0.507 e. The average molecular weight is 473 g/mol. The predicted molar refractivity (Wildman–Crippen MR) is 148 cm³/mol. The smallest absolute Gasteiger partial charge is 0.227 e. The molecule has 0 bridgehead atoms. The number of rotatable bonds is 13. The van der Waals surface area contributed by atoms with Crippen LogP contribution < -0.4 is 10.2 Å². The Balaban J connectivity index is 1.70. The Labute approximate surface area is 211 Å². The molecule has 3 aromatic carbocycles. The Morgan fingerprint density at radius 3 is 2.23 bits per heavy atom. The minimum atomic E-state index is 0.144. The van der Waals surface area contributed by atoms with E-state index in [1.54, 1.807) is 0 Å². The Morgan fingerprint density at radius 1 is 0.857 bits per heavy atom. The lowest BCUT2D eigenvalue weighted by Crippen LogP contribution is -2.32. The molecule has 0 aliphatic rings. The highest BCUT2D eigenvalue weighted by Gasteiger charge is 2.16. The first-order valence-corrected chi connectivity index (χ1v) is 13.1. The lowest BCUT2D eigenvalue weighted by molar-refractivity contribution is -0.118. The molecule has 0 aliphatic carbocycles. The van der Waals surface area contributed by atoms with Gasteiger partial charge in [-0.1, -0.05) is 63.4 Å². The first-order valence-electron chi connectivity index (χ1n) is 13.1. The molecule has 0 aliphatic heterocycles. The molecule has 1 amide bonds. The zero-order chi connectivity index (χ0) is 25.0. The Morgan fingerprint density at radius 2 is 1.54 bits per heavy atom. The predicted octanol–water partition coefficient (Wildman–Crippen LogP) is 7.94. The Bertz CT molecular complexity index is 1060. The fourth-order valence-corrected chi connectivity index (χ4v) is 4.35. The van der Waals surface area contributed by atoms with Crippen LogP contribution in [0.5, 0.6) is 5.75 Å². The quantitative estimate of drug-likeness (QED) is 0.248. The van der Waals surface area contributed by atoms with Gasteiger partial charge >= 0.3 is 0 Å².